The van der Waals surface area contributed by atoms with Crippen LogP contribution in [-0.2, 0) is 13.5 Å². The van der Waals surface area contributed by atoms with Gasteiger partial charge in [0.25, 0.3) is 0 Å². The number of nitrogens with zero attached hydrogens (tertiary/aromatic N) is 2. The number of aromatic nitrogens is 2. The van der Waals surface area contributed by atoms with Crippen molar-refractivity contribution in [3.8, 4) is 5.75 Å². The zero-order valence-corrected chi connectivity index (χ0v) is 11.1. The summed E-state index contributed by atoms with van der Waals surface area (Å²) < 4.78 is 7.26. The molecule has 0 spiro atoms. The van der Waals surface area contributed by atoms with Gasteiger partial charge in [0.2, 0.25) is 0 Å². The summed E-state index contributed by atoms with van der Waals surface area (Å²) in [6.45, 7) is 0. The average molecular weight is 251 g/mol. The largest absolute Gasteiger partial charge is 0.496 e. The normalized spacial score (nSPS) is 12.6. The minimum Gasteiger partial charge on any atom is -0.496 e. The monoisotopic (exact) mass is 251 g/mol. The van der Waals surface area contributed by atoms with Crippen molar-refractivity contribution >= 4 is 11.3 Å². The quantitative estimate of drug-likeness (QED) is 0.883. The third-order valence-electron chi connectivity index (χ3n) is 2.83. The number of nitrogens with one attached hydrogen (secondary N) is 1. The van der Waals surface area contributed by atoms with Crippen LogP contribution in [0.4, 0.5) is 0 Å². The summed E-state index contributed by atoms with van der Waals surface area (Å²) in [6.07, 6.45) is 4.68. The van der Waals surface area contributed by atoms with E-state index in [9.17, 15) is 0 Å². The molecule has 0 saturated heterocycles. The van der Waals surface area contributed by atoms with Crippen molar-refractivity contribution in [1.29, 1.82) is 0 Å². The predicted molar refractivity (Wildman–Crippen MR) is 69.6 cm³/mol. The maximum atomic E-state index is 5.21. The van der Waals surface area contributed by atoms with Crippen molar-refractivity contribution < 1.29 is 4.74 Å². The molecule has 92 valence electrons. The fourth-order valence-corrected chi connectivity index (χ4v) is 2.71. The Hall–Kier alpha value is -1.33. The van der Waals surface area contributed by atoms with Gasteiger partial charge in [0, 0.05) is 42.2 Å². The summed E-state index contributed by atoms with van der Waals surface area (Å²) in [7, 11) is 5.68. The van der Waals surface area contributed by atoms with Gasteiger partial charge in [-0.05, 0) is 13.1 Å². The molecule has 1 atom stereocenters. The van der Waals surface area contributed by atoms with Crippen molar-refractivity contribution in [3.05, 3.63) is 34.5 Å². The van der Waals surface area contributed by atoms with Crippen LogP contribution < -0.4 is 10.1 Å². The highest BCUT2D eigenvalue weighted by Gasteiger charge is 2.15. The third kappa shape index (κ3) is 2.68. The Balaban J connectivity index is 2.14. The zero-order valence-electron chi connectivity index (χ0n) is 10.3. The van der Waals surface area contributed by atoms with Gasteiger partial charge in [-0.15, -0.1) is 11.3 Å². The molecule has 0 aromatic carbocycles. The summed E-state index contributed by atoms with van der Waals surface area (Å²) in [5.74, 6) is 2.00. The predicted octanol–water partition coefficient (Wildman–Crippen LogP) is 1.99. The lowest BCUT2D eigenvalue weighted by Crippen LogP contribution is -2.19. The lowest BCUT2D eigenvalue weighted by atomic mass is 10.1. The van der Waals surface area contributed by atoms with E-state index in [1.807, 2.05) is 31.9 Å². The van der Waals surface area contributed by atoms with E-state index in [1.165, 1.54) is 4.88 Å². The summed E-state index contributed by atoms with van der Waals surface area (Å²) in [4.78, 5) is 5.62. The molecule has 1 unspecified atom stereocenters. The van der Waals surface area contributed by atoms with Crippen molar-refractivity contribution in [2.45, 2.75) is 12.5 Å². The molecule has 2 heterocycles. The van der Waals surface area contributed by atoms with Crippen LogP contribution in [0.15, 0.2) is 23.8 Å². The number of aryl methyl sites for hydroxylation is 1. The van der Waals surface area contributed by atoms with Gasteiger partial charge in [-0.1, -0.05) is 0 Å². The van der Waals surface area contributed by atoms with Crippen LogP contribution in [-0.4, -0.2) is 23.7 Å². The molecule has 0 aliphatic rings. The lowest BCUT2D eigenvalue weighted by molar-refractivity contribution is 0.416. The number of hydrogen-bond donors (Lipinski definition) is 1. The van der Waals surface area contributed by atoms with Crippen LogP contribution in [0.3, 0.4) is 0 Å². The van der Waals surface area contributed by atoms with Gasteiger partial charge >= 0.3 is 0 Å². The first-order valence-corrected chi connectivity index (χ1v) is 6.38. The Kier molecular flexibility index (Phi) is 3.81. The maximum absolute atomic E-state index is 5.21. The Labute approximate surface area is 105 Å². The van der Waals surface area contributed by atoms with E-state index in [2.05, 4.69) is 20.9 Å². The van der Waals surface area contributed by atoms with Gasteiger partial charge in [-0.3, -0.25) is 0 Å². The third-order valence-corrected chi connectivity index (χ3v) is 3.86. The Morgan fingerprint density at radius 3 is 2.94 bits per heavy atom. The van der Waals surface area contributed by atoms with E-state index in [-0.39, 0.29) is 6.04 Å². The molecule has 1 N–H and O–H groups in total. The standard InChI is InChI=1S/C12H17N3OS/c1-13-10(7-12-14-4-5-15(12)2)11-6-9(16-3)8-17-11/h4-6,8,10,13H,7H2,1-3H3. The van der Waals surface area contributed by atoms with E-state index in [0.29, 0.717) is 0 Å². The smallest absolute Gasteiger partial charge is 0.129 e. The summed E-state index contributed by atoms with van der Waals surface area (Å²) in [6, 6.07) is 2.36. The highest BCUT2D eigenvalue weighted by atomic mass is 32.1. The van der Waals surface area contributed by atoms with E-state index in [0.717, 1.165) is 18.0 Å². The number of ether oxygens (including phenoxy) is 1. The molecule has 2 aromatic heterocycles. The Bertz CT molecular complexity index is 478. The van der Waals surface area contributed by atoms with E-state index in [4.69, 9.17) is 4.74 Å². The average Bonchev–Trinajstić information content (AvgIpc) is 2.95. The Morgan fingerprint density at radius 1 is 1.59 bits per heavy atom. The fourth-order valence-electron chi connectivity index (χ4n) is 1.74. The van der Waals surface area contributed by atoms with Crippen LogP contribution in [0.25, 0.3) is 0 Å². The first-order chi connectivity index (χ1) is 8.24. The molecule has 0 fully saturated rings. The molecule has 2 rings (SSSR count). The van der Waals surface area contributed by atoms with Gasteiger partial charge in [0.05, 0.1) is 7.11 Å². The summed E-state index contributed by atoms with van der Waals surface area (Å²) in [5, 5.41) is 5.35. The second-order valence-corrected chi connectivity index (χ2v) is 4.83. The molecule has 0 aliphatic heterocycles. The molecule has 4 nitrogen and oxygen atoms in total. The molecule has 0 amide bonds. The molecule has 0 radical (unpaired) electrons. The first kappa shape index (κ1) is 12.1. The zero-order chi connectivity index (χ0) is 12.3. The van der Waals surface area contributed by atoms with Crippen molar-refractivity contribution in [2.75, 3.05) is 14.2 Å². The number of likely N-dealkylation sites (N-methyl/N-ethyl adjacent to an activating group) is 1. The van der Waals surface area contributed by atoms with Crippen molar-refractivity contribution in [2.24, 2.45) is 7.05 Å². The van der Waals surface area contributed by atoms with Gasteiger partial charge in [0.1, 0.15) is 11.6 Å². The summed E-state index contributed by atoms with van der Waals surface area (Å²) >= 11 is 1.71. The summed E-state index contributed by atoms with van der Waals surface area (Å²) in [5.41, 5.74) is 0. The van der Waals surface area contributed by atoms with Crippen LogP contribution in [0.1, 0.15) is 16.7 Å². The Morgan fingerprint density at radius 2 is 2.41 bits per heavy atom. The van der Waals surface area contributed by atoms with Crippen LogP contribution in [0.5, 0.6) is 5.75 Å². The molecular weight excluding hydrogens is 234 g/mol. The van der Waals surface area contributed by atoms with Gasteiger partial charge < -0.3 is 14.6 Å². The van der Waals surface area contributed by atoms with Crippen LogP contribution in [0.2, 0.25) is 0 Å². The SMILES string of the molecule is CNC(Cc1nccn1C)c1cc(OC)cs1. The van der Waals surface area contributed by atoms with Gasteiger partial charge in [0.15, 0.2) is 0 Å². The van der Waals surface area contributed by atoms with E-state index < -0.39 is 0 Å². The minimum absolute atomic E-state index is 0.282. The lowest BCUT2D eigenvalue weighted by Gasteiger charge is -2.13. The van der Waals surface area contributed by atoms with Crippen LogP contribution in [0, 0.1) is 0 Å². The first-order valence-electron chi connectivity index (χ1n) is 5.50. The van der Waals surface area contributed by atoms with Crippen LogP contribution >= 0.6 is 11.3 Å². The number of rotatable bonds is 5. The molecule has 0 bridgehead atoms. The number of hydrogen-bond acceptors (Lipinski definition) is 4. The molecule has 17 heavy (non-hydrogen) atoms. The molecule has 2 aromatic rings. The number of methoxy groups -OCH3 is 1. The maximum Gasteiger partial charge on any atom is 0.129 e. The number of thiophene rings is 1. The molecule has 0 aliphatic carbocycles. The molecule has 0 saturated carbocycles. The highest BCUT2D eigenvalue weighted by molar-refractivity contribution is 7.10. The van der Waals surface area contributed by atoms with Gasteiger partial charge in [-0.25, -0.2) is 4.98 Å². The highest BCUT2D eigenvalue weighted by Crippen LogP contribution is 2.28. The topological polar surface area (TPSA) is 39.1 Å². The van der Waals surface area contributed by atoms with Gasteiger partial charge in [-0.2, -0.15) is 0 Å². The molecular formula is C12H17N3OS. The second kappa shape index (κ2) is 5.33. The minimum atomic E-state index is 0.282. The molecule has 5 heteroatoms. The van der Waals surface area contributed by atoms with Crippen molar-refractivity contribution in [1.82, 2.24) is 14.9 Å². The second-order valence-electron chi connectivity index (χ2n) is 3.89. The number of imidazole rings is 1. The van der Waals surface area contributed by atoms with E-state index in [1.54, 1.807) is 18.4 Å². The van der Waals surface area contributed by atoms with Crippen molar-refractivity contribution in [3.63, 3.8) is 0 Å². The fraction of sp³-hybridized carbons (Fsp3) is 0.417. The van der Waals surface area contributed by atoms with E-state index >= 15 is 0 Å².